The van der Waals surface area contributed by atoms with Crippen molar-refractivity contribution >= 4 is 35.0 Å². The van der Waals surface area contributed by atoms with E-state index in [1.165, 1.54) is 5.56 Å². The van der Waals surface area contributed by atoms with Crippen LogP contribution in [0, 0.1) is 0 Å². The van der Waals surface area contributed by atoms with E-state index in [-0.39, 0.29) is 25.0 Å². The van der Waals surface area contributed by atoms with E-state index < -0.39 is 11.6 Å². The molecule has 0 fully saturated rings. The Morgan fingerprint density at radius 2 is 1.67 bits per heavy atom. The van der Waals surface area contributed by atoms with Crippen molar-refractivity contribution in [2.75, 3.05) is 6.61 Å². The third kappa shape index (κ3) is 8.24. The minimum Gasteiger partial charge on any atom is -0.484 e. The first-order valence-corrected chi connectivity index (χ1v) is 11.9. The summed E-state index contributed by atoms with van der Waals surface area (Å²) >= 11 is 12.2. The number of hydrogen-bond acceptors (Lipinski definition) is 3. The predicted octanol–water partition coefficient (Wildman–Crippen LogP) is 6.22. The Balaban J connectivity index is 2.24. The van der Waals surface area contributed by atoms with Crippen LogP contribution in [0.3, 0.4) is 0 Å². The molecule has 0 saturated heterocycles. The Morgan fingerprint density at radius 3 is 2.18 bits per heavy atom. The molecular weight excluding hydrogens is 459 g/mol. The molecule has 0 aromatic heterocycles. The molecule has 1 atom stereocenters. The van der Waals surface area contributed by atoms with E-state index in [2.05, 4.69) is 19.2 Å². The number of halogens is 2. The van der Waals surface area contributed by atoms with Crippen molar-refractivity contribution in [2.45, 2.75) is 72.0 Å². The first-order chi connectivity index (χ1) is 15.4. The van der Waals surface area contributed by atoms with Crippen LogP contribution in [-0.2, 0) is 16.1 Å². The number of nitrogens with zero attached hydrogens (tertiary/aromatic N) is 1. The highest BCUT2D eigenvalue weighted by Gasteiger charge is 2.31. The zero-order valence-electron chi connectivity index (χ0n) is 20.2. The number of amides is 2. The van der Waals surface area contributed by atoms with Crippen molar-refractivity contribution in [1.29, 1.82) is 0 Å². The Hall–Kier alpha value is -2.24. The SMILES string of the molecule is CC[C@@H](C(=O)NC(C)(C)C)N(Cc1ccc(Cl)c(Cl)c1)C(=O)COc1ccc(C(C)C)cc1. The van der Waals surface area contributed by atoms with Gasteiger partial charge < -0.3 is 15.0 Å². The lowest BCUT2D eigenvalue weighted by molar-refractivity contribution is -0.143. The Labute approximate surface area is 207 Å². The van der Waals surface area contributed by atoms with E-state index in [1.54, 1.807) is 23.1 Å². The van der Waals surface area contributed by atoms with Gasteiger partial charge in [0.15, 0.2) is 6.61 Å². The quantitative estimate of drug-likeness (QED) is 0.451. The van der Waals surface area contributed by atoms with Crippen molar-refractivity contribution in [3.8, 4) is 5.75 Å². The first-order valence-electron chi connectivity index (χ1n) is 11.2. The number of hydrogen-bond donors (Lipinski definition) is 1. The van der Waals surface area contributed by atoms with Gasteiger partial charge in [-0.05, 0) is 68.5 Å². The van der Waals surface area contributed by atoms with Crippen molar-refractivity contribution < 1.29 is 14.3 Å². The topological polar surface area (TPSA) is 58.6 Å². The van der Waals surface area contributed by atoms with Gasteiger partial charge in [-0.25, -0.2) is 0 Å². The van der Waals surface area contributed by atoms with Gasteiger partial charge in [0.05, 0.1) is 10.0 Å². The Kier molecular flexibility index (Phi) is 9.62. The van der Waals surface area contributed by atoms with Gasteiger partial charge in [-0.3, -0.25) is 9.59 Å². The summed E-state index contributed by atoms with van der Waals surface area (Å²) in [6.45, 7) is 11.9. The lowest BCUT2D eigenvalue weighted by Gasteiger charge is -2.33. The second-order valence-corrected chi connectivity index (χ2v) is 10.3. The molecular formula is C26H34Cl2N2O3. The van der Waals surface area contributed by atoms with E-state index in [9.17, 15) is 9.59 Å². The summed E-state index contributed by atoms with van der Waals surface area (Å²) in [5.41, 5.74) is 1.55. The van der Waals surface area contributed by atoms with Crippen molar-refractivity contribution in [2.24, 2.45) is 0 Å². The molecule has 1 N–H and O–H groups in total. The molecule has 0 heterocycles. The van der Waals surface area contributed by atoms with Gasteiger partial charge in [0.25, 0.3) is 5.91 Å². The van der Waals surface area contributed by atoms with Gasteiger partial charge in [0.2, 0.25) is 5.91 Å². The molecule has 2 amide bonds. The van der Waals surface area contributed by atoms with Gasteiger partial charge in [-0.15, -0.1) is 0 Å². The van der Waals surface area contributed by atoms with Gasteiger partial charge in [0, 0.05) is 12.1 Å². The van der Waals surface area contributed by atoms with Gasteiger partial charge in [-0.1, -0.05) is 62.2 Å². The highest BCUT2D eigenvalue weighted by atomic mass is 35.5. The van der Waals surface area contributed by atoms with E-state index in [0.717, 1.165) is 5.56 Å². The molecule has 0 radical (unpaired) electrons. The minimum absolute atomic E-state index is 0.179. The van der Waals surface area contributed by atoms with Crippen molar-refractivity contribution in [3.05, 3.63) is 63.6 Å². The van der Waals surface area contributed by atoms with Crippen LogP contribution in [0.15, 0.2) is 42.5 Å². The molecule has 0 bridgehead atoms. The number of benzene rings is 2. The summed E-state index contributed by atoms with van der Waals surface area (Å²) in [6.07, 6.45) is 0.456. The highest BCUT2D eigenvalue weighted by Crippen LogP contribution is 2.24. The summed E-state index contributed by atoms with van der Waals surface area (Å²) in [4.78, 5) is 27.9. The fraction of sp³-hybridized carbons (Fsp3) is 0.462. The van der Waals surface area contributed by atoms with Crippen LogP contribution < -0.4 is 10.1 Å². The predicted molar refractivity (Wildman–Crippen MR) is 135 cm³/mol. The number of nitrogens with one attached hydrogen (secondary N) is 1. The average Bonchev–Trinajstić information content (AvgIpc) is 2.73. The summed E-state index contributed by atoms with van der Waals surface area (Å²) < 4.78 is 5.77. The summed E-state index contributed by atoms with van der Waals surface area (Å²) in [6, 6.07) is 12.2. The van der Waals surface area contributed by atoms with Crippen LogP contribution in [0.5, 0.6) is 5.75 Å². The molecule has 0 aliphatic carbocycles. The maximum Gasteiger partial charge on any atom is 0.261 e. The Morgan fingerprint density at radius 1 is 1.03 bits per heavy atom. The van der Waals surface area contributed by atoms with Crippen LogP contribution in [0.1, 0.15) is 65.0 Å². The lowest BCUT2D eigenvalue weighted by atomic mass is 10.0. The zero-order chi connectivity index (χ0) is 24.8. The molecule has 5 nitrogen and oxygen atoms in total. The fourth-order valence-electron chi connectivity index (χ4n) is 3.38. The molecule has 2 rings (SSSR count). The van der Waals surface area contributed by atoms with Gasteiger partial charge in [-0.2, -0.15) is 0 Å². The van der Waals surface area contributed by atoms with Gasteiger partial charge in [0.1, 0.15) is 11.8 Å². The van der Waals surface area contributed by atoms with E-state index in [4.69, 9.17) is 27.9 Å². The second kappa shape index (κ2) is 11.8. The molecule has 0 spiro atoms. The van der Waals surface area contributed by atoms with Crippen molar-refractivity contribution in [1.82, 2.24) is 10.2 Å². The van der Waals surface area contributed by atoms with Crippen LogP contribution in [0.2, 0.25) is 10.0 Å². The molecule has 0 unspecified atom stereocenters. The second-order valence-electron chi connectivity index (χ2n) is 9.45. The van der Waals surface area contributed by atoms with Crippen molar-refractivity contribution in [3.63, 3.8) is 0 Å². The van der Waals surface area contributed by atoms with Crippen LogP contribution in [-0.4, -0.2) is 34.9 Å². The number of carbonyl (C=O) groups excluding carboxylic acids is 2. The van der Waals surface area contributed by atoms with Crippen LogP contribution in [0.4, 0.5) is 0 Å². The first kappa shape index (κ1) is 27.0. The molecule has 0 aliphatic rings. The molecule has 7 heteroatoms. The smallest absolute Gasteiger partial charge is 0.261 e. The Bertz CT molecular complexity index is 953. The highest BCUT2D eigenvalue weighted by molar-refractivity contribution is 6.42. The third-order valence-electron chi connectivity index (χ3n) is 5.13. The number of rotatable bonds is 9. The third-order valence-corrected chi connectivity index (χ3v) is 5.87. The largest absolute Gasteiger partial charge is 0.484 e. The molecule has 0 saturated carbocycles. The lowest BCUT2D eigenvalue weighted by Crippen LogP contribution is -2.54. The van der Waals surface area contributed by atoms with Crippen LogP contribution >= 0.6 is 23.2 Å². The molecule has 33 heavy (non-hydrogen) atoms. The maximum absolute atomic E-state index is 13.3. The summed E-state index contributed by atoms with van der Waals surface area (Å²) in [5.74, 6) is 0.521. The van der Waals surface area contributed by atoms with Crippen LogP contribution in [0.25, 0.3) is 0 Å². The zero-order valence-corrected chi connectivity index (χ0v) is 21.8. The maximum atomic E-state index is 13.3. The van der Waals surface area contributed by atoms with E-state index >= 15 is 0 Å². The monoisotopic (exact) mass is 492 g/mol. The van der Waals surface area contributed by atoms with E-state index in [1.807, 2.05) is 52.0 Å². The summed E-state index contributed by atoms with van der Waals surface area (Å²) in [7, 11) is 0. The molecule has 2 aromatic rings. The van der Waals surface area contributed by atoms with E-state index in [0.29, 0.717) is 28.1 Å². The molecule has 0 aliphatic heterocycles. The summed E-state index contributed by atoms with van der Waals surface area (Å²) in [5, 5.41) is 3.81. The molecule has 180 valence electrons. The minimum atomic E-state index is -0.655. The molecule has 2 aromatic carbocycles. The normalized spacial score (nSPS) is 12.4. The average molecular weight is 493 g/mol. The number of carbonyl (C=O) groups is 2. The van der Waals surface area contributed by atoms with Gasteiger partial charge >= 0.3 is 0 Å². The standard InChI is InChI=1S/C26H34Cl2N2O3/c1-7-23(25(32)29-26(4,5)6)30(15-18-8-13-21(27)22(28)14-18)24(31)16-33-20-11-9-19(10-12-20)17(2)3/h8-14,17,23H,7,15-16H2,1-6H3,(H,29,32)/t23-/m0/s1. The number of ether oxygens (including phenoxy) is 1. The fourth-order valence-corrected chi connectivity index (χ4v) is 3.70.